The maximum atomic E-state index is 9.16. The summed E-state index contributed by atoms with van der Waals surface area (Å²) in [5.41, 5.74) is 2.48. The number of hydrogen-bond acceptors (Lipinski definition) is 4. The van der Waals surface area contributed by atoms with Crippen molar-refractivity contribution in [3.63, 3.8) is 0 Å². The van der Waals surface area contributed by atoms with Gasteiger partial charge in [-0.2, -0.15) is 5.26 Å². The second-order valence-electron chi connectivity index (χ2n) is 4.22. The van der Waals surface area contributed by atoms with Gasteiger partial charge in [-0.05, 0) is 42.8 Å². The van der Waals surface area contributed by atoms with E-state index in [0.717, 1.165) is 11.3 Å². The van der Waals surface area contributed by atoms with Crippen molar-refractivity contribution in [3.8, 4) is 23.2 Å². The van der Waals surface area contributed by atoms with Gasteiger partial charge in [0.25, 0.3) is 0 Å². The van der Waals surface area contributed by atoms with Gasteiger partial charge < -0.3 is 4.42 Å². The highest BCUT2D eigenvalue weighted by Crippen LogP contribution is 2.27. The van der Waals surface area contributed by atoms with E-state index in [1.165, 1.54) is 0 Å². The molecule has 0 radical (unpaired) electrons. The summed E-state index contributed by atoms with van der Waals surface area (Å²) < 4.78 is 6.95. The average Bonchev–Trinajstić information content (AvgIpc) is 3.06. The van der Waals surface area contributed by atoms with Gasteiger partial charge in [0.2, 0.25) is 0 Å². The van der Waals surface area contributed by atoms with Crippen molar-refractivity contribution in [1.82, 2.24) is 15.0 Å². The molecule has 0 aliphatic carbocycles. The Balaban J connectivity index is 2.25. The first-order valence-electron chi connectivity index (χ1n) is 5.87. The van der Waals surface area contributed by atoms with Crippen LogP contribution in [-0.2, 0) is 0 Å². The maximum Gasteiger partial charge on any atom is 0.194 e. The highest BCUT2D eigenvalue weighted by Gasteiger charge is 2.19. The first-order valence-corrected chi connectivity index (χ1v) is 6.24. The Morgan fingerprint density at radius 3 is 2.85 bits per heavy atom. The maximum absolute atomic E-state index is 9.16. The minimum absolute atomic E-state index is 0.217. The van der Waals surface area contributed by atoms with E-state index in [-0.39, 0.29) is 5.69 Å². The van der Waals surface area contributed by atoms with Crippen molar-refractivity contribution in [3.05, 3.63) is 52.9 Å². The van der Waals surface area contributed by atoms with Crippen molar-refractivity contribution < 1.29 is 4.42 Å². The highest BCUT2D eigenvalue weighted by molar-refractivity contribution is 6.30. The van der Waals surface area contributed by atoms with Crippen LogP contribution in [0.3, 0.4) is 0 Å². The lowest BCUT2D eigenvalue weighted by molar-refractivity contribution is 0.576. The zero-order chi connectivity index (χ0) is 14.1. The summed E-state index contributed by atoms with van der Waals surface area (Å²) in [7, 11) is 0. The smallest absolute Gasteiger partial charge is 0.194 e. The van der Waals surface area contributed by atoms with Crippen LogP contribution in [0.1, 0.15) is 11.3 Å². The molecule has 2 aromatic heterocycles. The van der Waals surface area contributed by atoms with Gasteiger partial charge in [-0.3, -0.25) is 0 Å². The van der Waals surface area contributed by atoms with E-state index in [0.29, 0.717) is 16.5 Å². The Labute approximate surface area is 120 Å². The Hall–Kier alpha value is -2.58. The minimum atomic E-state index is 0.217. The summed E-state index contributed by atoms with van der Waals surface area (Å²) in [5, 5.41) is 17.7. The van der Waals surface area contributed by atoms with Crippen molar-refractivity contribution in [2.45, 2.75) is 6.92 Å². The third-order valence-electron chi connectivity index (χ3n) is 2.92. The van der Waals surface area contributed by atoms with Gasteiger partial charge in [0, 0.05) is 5.02 Å². The van der Waals surface area contributed by atoms with Gasteiger partial charge in [-0.25, -0.2) is 4.68 Å². The first-order chi connectivity index (χ1) is 9.70. The van der Waals surface area contributed by atoms with Crippen molar-refractivity contribution in [2.75, 3.05) is 0 Å². The molecule has 3 rings (SSSR count). The molecule has 0 N–H and O–H groups in total. The molecule has 0 unspecified atom stereocenters. The standard InChI is InChI=1S/C14H9ClN4O/c1-9-7-10(15)4-5-12(9)19-14(11(8-16)17-18-19)13-3-2-6-20-13/h2-7H,1H3. The number of aromatic nitrogens is 3. The van der Waals surface area contributed by atoms with E-state index < -0.39 is 0 Å². The molecule has 0 amide bonds. The Morgan fingerprint density at radius 1 is 1.35 bits per heavy atom. The van der Waals surface area contributed by atoms with Gasteiger partial charge in [0.1, 0.15) is 11.8 Å². The highest BCUT2D eigenvalue weighted by atomic mass is 35.5. The van der Waals surface area contributed by atoms with Crippen molar-refractivity contribution in [1.29, 1.82) is 5.26 Å². The van der Waals surface area contributed by atoms with Gasteiger partial charge in [0.15, 0.2) is 11.5 Å². The van der Waals surface area contributed by atoms with E-state index in [9.17, 15) is 0 Å². The molecule has 5 nitrogen and oxygen atoms in total. The fraction of sp³-hybridized carbons (Fsp3) is 0.0714. The van der Waals surface area contributed by atoms with Crippen molar-refractivity contribution in [2.24, 2.45) is 0 Å². The lowest BCUT2D eigenvalue weighted by Crippen LogP contribution is -2.01. The third kappa shape index (κ3) is 1.96. The molecule has 3 aromatic rings. The van der Waals surface area contributed by atoms with Crippen LogP contribution in [0.5, 0.6) is 0 Å². The third-order valence-corrected chi connectivity index (χ3v) is 3.15. The number of halogens is 1. The summed E-state index contributed by atoms with van der Waals surface area (Å²) in [6.45, 7) is 1.92. The van der Waals surface area contributed by atoms with Crippen molar-refractivity contribution >= 4 is 11.6 Å². The summed E-state index contributed by atoms with van der Waals surface area (Å²) >= 11 is 5.96. The molecule has 98 valence electrons. The molecule has 20 heavy (non-hydrogen) atoms. The molecule has 6 heteroatoms. The molecule has 0 saturated heterocycles. The van der Waals surface area contributed by atoms with E-state index in [4.69, 9.17) is 21.3 Å². The summed E-state index contributed by atoms with van der Waals surface area (Å²) in [6.07, 6.45) is 1.54. The van der Waals surface area contributed by atoms with Gasteiger partial charge in [-0.1, -0.05) is 16.8 Å². The van der Waals surface area contributed by atoms with E-state index in [2.05, 4.69) is 10.3 Å². The molecular weight excluding hydrogens is 276 g/mol. The number of hydrogen-bond donors (Lipinski definition) is 0. The number of aryl methyl sites for hydroxylation is 1. The molecule has 0 bridgehead atoms. The summed E-state index contributed by atoms with van der Waals surface area (Å²) in [4.78, 5) is 0. The zero-order valence-corrected chi connectivity index (χ0v) is 11.3. The monoisotopic (exact) mass is 284 g/mol. The second kappa shape index (κ2) is 4.83. The largest absolute Gasteiger partial charge is 0.463 e. The first kappa shape index (κ1) is 12.5. The van der Waals surface area contributed by atoms with Crippen LogP contribution in [-0.4, -0.2) is 15.0 Å². The molecule has 0 atom stereocenters. The van der Waals surface area contributed by atoms with Crippen LogP contribution in [0.4, 0.5) is 0 Å². The molecule has 0 saturated carbocycles. The molecule has 0 fully saturated rings. The van der Waals surface area contributed by atoms with Gasteiger partial charge in [0.05, 0.1) is 12.0 Å². The van der Waals surface area contributed by atoms with Crippen LogP contribution in [0.25, 0.3) is 17.1 Å². The van der Waals surface area contributed by atoms with Crippen LogP contribution in [0.15, 0.2) is 41.0 Å². The minimum Gasteiger partial charge on any atom is -0.463 e. The number of benzene rings is 1. The Bertz CT molecular complexity index is 799. The number of furan rings is 1. The quantitative estimate of drug-likeness (QED) is 0.723. The average molecular weight is 285 g/mol. The molecule has 0 spiro atoms. The van der Waals surface area contributed by atoms with E-state index >= 15 is 0 Å². The van der Waals surface area contributed by atoms with E-state index in [1.807, 2.05) is 25.1 Å². The van der Waals surface area contributed by atoms with Crippen LogP contribution in [0.2, 0.25) is 5.02 Å². The van der Waals surface area contributed by atoms with Crippen LogP contribution in [0, 0.1) is 18.3 Å². The van der Waals surface area contributed by atoms with Crippen LogP contribution >= 0.6 is 11.6 Å². The number of rotatable bonds is 2. The fourth-order valence-corrected chi connectivity index (χ4v) is 2.24. The normalized spacial score (nSPS) is 10.4. The predicted octanol–water partition coefficient (Wildman–Crippen LogP) is 3.36. The number of nitriles is 1. The lowest BCUT2D eigenvalue weighted by Gasteiger charge is -2.08. The van der Waals surface area contributed by atoms with Gasteiger partial charge >= 0.3 is 0 Å². The molecule has 2 heterocycles. The van der Waals surface area contributed by atoms with Gasteiger partial charge in [-0.15, -0.1) is 5.10 Å². The molecule has 0 aliphatic heterocycles. The Kier molecular flexibility index (Phi) is 3.01. The zero-order valence-electron chi connectivity index (χ0n) is 10.5. The van der Waals surface area contributed by atoms with Crippen LogP contribution < -0.4 is 0 Å². The lowest BCUT2D eigenvalue weighted by atomic mass is 10.2. The SMILES string of the molecule is Cc1cc(Cl)ccc1-n1nnc(C#N)c1-c1ccco1. The predicted molar refractivity (Wildman–Crippen MR) is 73.5 cm³/mol. The Morgan fingerprint density at radius 2 is 2.20 bits per heavy atom. The summed E-state index contributed by atoms with van der Waals surface area (Å²) in [6, 6.07) is 11.0. The molecule has 0 aliphatic rings. The number of nitrogens with zero attached hydrogens (tertiary/aromatic N) is 4. The molecule has 1 aromatic carbocycles. The molecular formula is C14H9ClN4O. The summed E-state index contributed by atoms with van der Waals surface area (Å²) in [5.74, 6) is 0.543. The fourth-order valence-electron chi connectivity index (χ4n) is 2.02. The second-order valence-corrected chi connectivity index (χ2v) is 4.65. The topological polar surface area (TPSA) is 67.6 Å². The van der Waals surface area contributed by atoms with E-state index in [1.54, 1.807) is 29.1 Å².